The van der Waals surface area contributed by atoms with Crippen molar-refractivity contribution in [1.29, 1.82) is 0 Å². The van der Waals surface area contributed by atoms with Crippen LogP contribution in [0.1, 0.15) is 36.5 Å². The molecule has 11 heteroatoms. The highest BCUT2D eigenvalue weighted by Gasteiger charge is 2.36. The zero-order chi connectivity index (χ0) is 26.9. The van der Waals surface area contributed by atoms with Crippen LogP contribution in [-0.2, 0) is 10.0 Å². The molecule has 0 bridgehead atoms. The van der Waals surface area contributed by atoms with Gasteiger partial charge < -0.3 is 15.0 Å². The Hall–Kier alpha value is -3.54. The number of para-hydroxylation sites is 1. The lowest BCUT2D eigenvalue weighted by atomic mass is 9.85. The topological polar surface area (TPSA) is 119 Å². The molecule has 2 N–H and O–H groups in total. The molecule has 38 heavy (non-hydrogen) atoms. The summed E-state index contributed by atoms with van der Waals surface area (Å²) >= 11 is 0. The molecule has 3 aromatic rings. The van der Waals surface area contributed by atoms with E-state index >= 15 is 0 Å². The molecule has 1 aromatic heterocycles. The van der Waals surface area contributed by atoms with Crippen molar-refractivity contribution < 1.29 is 18.3 Å². The fourth-order valence-electron chi connectivity index (χ4n) is 5.15. The van der Waals surface area contributed by atoms with Crippen molar-refractivity contribution >= 4 is 32.7 Å². The first-order chi connectivity index (χ1) is 18.2. The summed E-state index contributed by atoms with van der Waals surface area (Å²) in [5, 5.41) is 15.4. The molecule has 0 spiro atoms. The first-order valence-electron chi connectivity index (χ1n) is 12.7. The van der Waals surface area contributed by atoms with Crippen LogP contribution in [-0.4, -0.2) is 83.1 Å². The summed E-state index contributed by atoms with van der Waals surface area (Å²) < 4.78 is 28.6. The van der Waals surface area contributed by atoms with Gasteiger partial charge in [0.15, 0.2) is 0 Å². The van der Waals surface area contributed by atoms with Crippen molar-refractivity contribution in [3.05, 3.63) is 72.2 Å². The van der Waals surface area contributed by atoms with Gasteiger partial charge in [0.1, 0.15) is 10.4 Å². The van der Waals surface area contributed by atoms with Crippen molar-refractivity contribution in [3.63, 3.8) is 0 Å². The van der Waals surface area contributed by atoms with Gasteiger partial charge >= 0.3 is 0 Å². The summed E-state index contributed by atoms with van der Waals surface area (Å²) in [6.07, 6.45) is 6.70. The zero-order valence-corrected chi connectivity index (χ0v) is 22.4. The minimum absolute atomic E-state index is 0.0338. The molecule has 5 rings (SSSR count). The Kier molecular flexibility index (Phi) is 7.08. The van der Waals surface area contributed by atoms with Crippen LogP contribution in [0.3, 0.4) is 0 Å². The lowest BCUT2D eigenvalue weighted by molar-refractivity contribution is -0.0168. The summed E-state index contributed by atoms with van der Waals surface area (Å²) in [5.74, 6) is -0.136. The summed E-state index contributed by atoms with van der Waals surface area (Å²) in [7, 11) is -1.88. The van der Waals surface area contributed by atoms with E-state index in [1.165, 1.54) is 24.0 Å². The van der Waals surface area contributed by atoms with E-state index in [1.54, 1.807) is 41.3 Å². The number of aliphatic hydroxyl groups is 1. The minimum atomic E-state index is -3.91. The Morgan fingerprint density at radius 1 is 1.08 bits per heavy atom. The Morgan fingerprint density at radius 2 is 1.79 bits per heavy atom. The van der Waals surface area contributed by atoms with Gasteiger partial charge in [-0.1, -0.05) is 6.07 Å². The molecule has 0 unspecified atom stereocenters. The van der Waals surface area contributed by atoms with Crippen molar-refractivity contribution in [1.82, 2.24) is 24.9 Å². The van der Waals surface area contributed by atoms with Crippen molar-refractivity contribution in [2.24, 2.45) is 0 Å². The average molecular weight is 537 g/mol. The molecule has 1 amide bonds. The van der Waals surface area contributed by atoms with Crippen LogP contribution in [0, 0.1) is 0 Å². The number of hydrogen-bond donors (Lipinski definition) is 2. The fourth-order valence-corrected chi connectivity index (χ4v) is 6.38. The third kappa shape index (κ3) is 5.35. The molecule has 0 radical (unpaired) electrons. The number of carbonyl (C=O) groups is 1. The van der Waals surface area contributed by atoms with Gasteiger partial charge in [-0.25, -0.2) is 13.4 Å². The summed E-state index contributed by atoms with van der Waals surface area (Å²) in [6, 6.07) is 11.2. The van der Waals surface area contributed by atoms with Gasteiger partial charge in [-0.2, -0.15) is 0 Å². The van der Waals surface area contributed by atoms with E-state index in [-0.39, 0.29) is 10.8 Å². The van der Waals surface area contributed by atoms with Crippen LogP contribution in [0.4, 0.5) is 5.69 Å². The van der Waals surface area contributed by atoms with Gasteiger partial charge in [-0.3, -0.25) is 19.5 Å². The molecule has 10 nitrogen and oxygen atoms in total. The molecule has 1 saturated heterocycles. The maximum Gasteiger partial charge on any atom is 0.264 e. The van der Waals surface area contributed by atoms with Gasteiger partial charge in [0, 0.05) is 69.5 Å². The Labute approximate surface area is 222 Å². The predicted molar refractivity (Wildman–Crippen MR) is 145 cm³/mol. The standard InChI is InChI=1S/C27H32N6O4S/c1-3-33-19-20(18-31(33)2)17-27(35)11-15-32(16-12-27)26(34)21-7-9-22(10-8-21)30-38(36,37)24-6-4-5-23-25(24)29-14-13-28-23/h4-10,13-14,19,30,35H,3,11-12,15-18H2,1-2H3. The highest BCUT2D eigenvalue weighted by atomic mass is 32.2. The number of nitrogens with zero attached hydrogens (tertiary/aromatic N) is 5. The van der Waals surface area contributed by atoms with Crippen LogP contribution in [0.2, 0.25) is 0 Å². The molecule has 0 atom stereocenters. The molecule has 2 aromatic carbocycles. The summed E-state index contributed by atoms with van der Waals surface area (Å²) in [6.45, 7) is 4.72. The fraction of sp³-hybridized carbons (Fsp3) is 0.370. The van der Waals surface area contributed by atoms with Crippen LogP contribution in [0.5, 0.6) is 0 Å². The number of likely N-dealkylation sites (tertiary alicyclic amines) is 1. The quantitative estimate of drug-likeness (QED) is 0.473. The lowest BCUT2D eigenvalue weighted by Gasteiger charge is -2.38. The number of hydrazine groups is 1. The third-order valence-corrected chi connectivity index (χ3v) is 8.61. The molecule has 200 valence electrons. The largest absolute Gasteiger partial charge is 0.389 e. The molecular formula is C27H32N6O4S. The first-order valence-corrected chi connectivity index (χ1v) is 14.2. The molecule has 0 saturated carbocycles. The van der Waals surface area contributed by atoms with Gasteiger partial charge in [0.2, 0.25) is 0 Å². The van der Waals surface area contributed by atoms with E-state index in [0.717, 1.165) is 13.1 Å². The number of anilines is 1. The van der Waals surface area contributed by atoms with E-state index in [4.69, 9.17) is 0 Å². The van der Waals surface area contributed by atoms with E-state index in [1.807, 2.05) is 7.05 Å². The van der Waals surface area contributed by atoms with E-state index in [0.29, 0.717) is 54.6 Å². The van der Waals surface area contributed by atoms with E-state index in [9.17, 15) is 18.3 Å². The van der Waals surface area contributed by atoms with Gasteiger partial charge in [0.25, 0.3) is 15.9 Å². The number of carbonyl (C=O) groups excluding carboxylic acids is 1. The smallest absolute Gasteiger partial charge is 0.264 e. The number of amides is 1. The minimum Gasteiger partial charge on any atom is -0.389 e. The summed E-state index contributed by atoms with van der Waals surface area (Å²) in [5.41, 5.74) is 1.96. The molecule has 2 aliphatic heterocycles. The first kappa shape index (κ1) is 26.1. The van der Waals surface area contributed by atoms with Gasteiger partial charge in [-0.05, 0) is 61.7 Å². The van der Waals surface area contributed by atoms with Crippen LogP contribution >= 0.6 is 0 Å². The number of nitrogens with one attached hydrogen (secondary N) is 1. The number of hydrogen-bond acceptors (Lipinski definition) is 8. The number of aromatic nitrogens is 2. The lowest BCUT2D eigenvalue weighted by Crippen LogP contribution is -2.47. The average Bonchev–Trinajstić information content (AvgIpc) is 3.26. The maximum absolute atomic E-state index is 13.1. The van der Waals surface area contributed by atoms with Gasteiger partial charge in [0.05, 0.1) is 11.1 Å². The number of piperidine rings is 1. The highest BCUT2D eigenvalue weighted by molar-refractivity contribution is 7.93. The number of likely N-dealkylation sites (N-methyl/N-ethyl adjacent to an activating group) is 1. The predicted octanol–water partition coefficient (Wildman–Crippen LogP) is 2.85. The second-order valence-electron chi connectivity index (χ2n) is 9.92. The third-order valence-electron chi connectivity index (χ3n) is 7.20. The Bertz CT molecular complexity index is 1460. The number of benzene rings is 2. The molecular weight excluding hydrogens is 504 g/mol. The van der Waals surface area contributed by atoms with Crippen molar-refractivity contribution in [3.8, 4) is 0 Å². The SMILES string of the molecule is CCN1C=C(CC2(O)CCN(C(=O)c3ccc(NS(=O)(=O)c4cccc5nccnc45)cc3)CC2)CN1C. The van der Waals surface area contributed by atoms with Crippen molar-refractivity contribution in [2.45, 2.75) is 36.7 Å². The second-order valence-corrected chi connectivity index (χ2v) is 11.6. The molecule has 2 aliphatic rings. The summed E-state index contributed by atoms with van der Waals surface area (Å²) in [4.78, 5) is 23.2. The van der Waals surface area contributed by atoms with Crippen molar-refractivity contribution in [2.75, 3.05) is 37.9 Å². The van der Waals surface area contributed by atoms with Gasteiger partial charge in [-0.15, -0.1) is 0 Å². The molecule has 1 fully saturated rings. The highest BCUT2D eigenvalue weighted by Crippen LogP contribution is 2.32. The van der Waals surface area contributed by atoms with E-state index in [2.05, 4.69) is 37.8 Å². The number of fused-ring (bicyclic) bond motifs is 1. The van der Waals surface area contributed by atoms with Crippen LogP contribution < -0.4 is 4.72 Å². The number of rotatable bonds is 7. The number of sulfonamides is 1. The van der Waals surface area contributed by atoms with Crippen LogP contribution in [0.25, 0.3) is 11.0 Å². The zero-order valence-electron chi connectivity index (χ0n) is 21.5. The maximum atomic E-state index is 13.1. The van der Waals surface area contributed by atoms with E-state index < -0.39 is 15.6 Å². The molecule has 0 aliphatic carbocycles. The van der Waals surface area contributed by atoms with Crippen LogP contribution in [0.15, 0.2) is 71.5 Å². The monoisotopic (exact) mass is 536 g/mol. The normalized spacial score (nSPS) is 18.0. The molecule has 3 heterocycles. The Balaban J connectivity index is 1.21. The Morgan fingerprint density at radius 3 is 2.47 bits per heavy atom. The second kappa shape index (κ2) is 10.3.